The van der Waals surface area contributed by atoms with Gasteiger partial charge < -0.3 is 15.2 Å². The SMILES string of the molecule is COc1ccc2c(c1-c1ccc(C(C)(O)CS(=O)(=O)NC(C)(C)C)cc1)-c1ccsc1CN2. The molecule has 1 aromatic heterocycles. The second kappa shape index (κ2) is 8.43. The van der Waals surface area contributed by atoms with Crippen molar-refractivity contribution >= 4 is 27.0 Å². The van der Waals surface area contributed by atoms with Gasteiger partial charge in [0.1, 0.15) is 11.4 Å². The van der Waals surface area contributed by atoms with E-state index in [2.05, 4.69) is 21.5 Å². The number of nitrogens with one attached hydrogen (secondary N) is 2. The Morgan fingerprint density at radius 2 is 1.76 bits per heavy atom. The van der Waals surface area contributed by atoms with Gasteiger partial charge in [-0.2, -0.15) is 0 Å². The van der Waals surface area contributed by atoms with Gasteiger partial charge in [0.25, 0.3) is 0 Å². The Bertz CT molecular complexity index is 1270. The highest BCUT2D eigenvalue weighted by atomic mass is 32.2. The lowest BCUT2D eigenvalue weighted by atomic mass is 9.89. The minimum Gasteiger partial charge on any atom is -0.496 e. The summed E-state index contributed by atoms with van der Waals surface area (Å²) in [7, 11) is -2.03. The molecule has 0 amide bonds. The average molecular weight is 487 g/mol. The van der Waals surface area contributed by atoms with Gasteiger partial charge in [0.05, 0.1) is 19.4 Å². The molecule has 2 aromatic carbocycles. The lowest BCUT2D eigenvalue weighted by molar-refractivity contribution is 0.0815. The zero-order chi connectivity index (χ0) is 24.0. The number of benzene rings is 2. The van der Waals surface area contributed by atoms with Gasteiger partial charge in [-0.05, 0) is 62.4 Å². The number of hydrogen-bond acceptors (Lipinski definition) is 6. The number of anilines is 1. The first-order valence-electron chi connectivity index (χ1n) is 10.8. The van der Waals surface area contributed by atoms with E-state index in [9.17, 15) is 13.5 Å². The minimum absolute atomic E-state index is 0.428. The third-order valence-corrected chi connectivity index (χ3v) is 8.36. The second-order valence-electron chi connectivity index (χ2n) is 9.64. The van der Waals surface area contributed by atoms with Crippen LogP contribution in [-0.2, 0) is 22.2 Å². The summed E-state index contributed by atoms with van der Waals surface area (Å²) in [6.07, 6.45) is 0. The van der Waals surface area contributed by atoms with Crippen molar-refractivity contribution in [1.29, 1.82) is 0 Å². The van der Waals surface area contributed by atoms with Crippen LogP contribution in [0.2, 0.25) is 0 Å². The first-order valence-corrected chi connectivity index (χ1v) is 13.3. The molecule has 0 saturated carbocycles. The van der Waals surface area contributed by atoms with Crippen molar-refractivity contribution in [3.05, 3.63) is 58.3 Å². The first kappa shape index (κ1) is 23.8. The quantitative estimate of drug-likeness (QED) is 0.459. The van der Waals surface area contributed by atoms with Crippen LogP contribution in [0.25, 0.3) is 22.3 Å². The van der Waals surface area contributed by atoms with Gasteiger partial charge in [0, 0.05) is 32.8 Å². The van der Waals surface area contributed by atoms with Crippen LogP contribution in [0.1, 0.15) is 38.1 Å². The fraction of sp³-hybridized carbons (Fsp3) is 0.360. The number of aliphatic hydroxyl groups is 1. The number of fused-ring (bicyclic) bond motifs is 3. The molecule has 3 N–H and O–H groups in total. The summed E-state index contributed by atoms with van der Waals surface area (Å²) >= 11 is 1.72. The number of hydrogen-bond donors (Lipinski definition) is 3. The first-order chi connectivity index (χ1) is 15.4. The zero-order valence-corrected chi connectivity index (χ0v) is 21.2. The van der Waals surface area contributed by atoms with Crippen LogP contribution in [0.5, 0.6) is 5.75 Å². The lowest BCUT2D eigenvalue weighted by Gasteiger charge is -2.27. The molecule has 4 rings (SSSR count). The summed E-state index contributed by atoms with van der Waals surface area (Å²) in [6, 6.07) is 13.5. The Morgan fingerprint density at radius 1 is 1.06 bits per heavy atom. The van der Waals surface area contributed by atoms with Gasteiger partial charge in [0.15, 0.2) is 0 Å². The third-order valence-electron chi connectivity index (χ3n) is 5.57. The molecule has 0 saturated heterocycles. The molecule has 8 heteroatoms. The van der Waals surface area contributed by atoms with Crippen LogP contribution >= 0.6 is 11.3 Å². The van der Waals surface area contributed by atoms with E-state index in [0.717, 1.165) is 34.7 Å². The van der Waals surface area contributed by atoms with Crippen molar-refractivity contribution in [2.45, 2.75) is 45.4 Å². The maximum Gasteiger partial charge on any atom is 0.215 e. The predicted molar refractivity (Wildman–Crippen MR) is 135 cm³/mol. The molecule has 33 heavy (non-hydrogen) atoms. The summed E-state index contributed by atoms with van der Waals surface area (Å²) in [5.41, 5.74) is 3.60. The monoisotopic (exact) mass is 486 g/mol. The summed E-state index contributed by atoms with van der Waals surface area (Å²) < 4.78 is 33.4. The Kier molecular flexibility index (Phi) is 6.07. The highest BCUT2D eigenvalue weighted by Gasteiger charge is 2.33. The van der Waals surface area contributed by atoms with Crippen LogP contribution in [0, 0.1) is 0 Å². The summed E-state index contributed by atoms with van der Waals surface area (Å²) in [5.74, 6) is 0.328. The van der Waals surface area contributed by atoms with E-state index in [-0.39, 0.29) is 0 Å². The van der Waals surface area contributed by atoms with Crippen LogP contribution in [0.3, 0.4) is 0 Å². The Balaban J connectivity index is 1.72. The fourth-order valence-corrected chi connectivity index (χ4v) is 7.03. The van der Waals surface area contributed by atoms with E-state index in [1.165, 1.54) is 17.4 Å². The molecule has 2 heterocycles. The van der Waals surface area contributed by atoms with E-state index in [4.69, 9.17) is 4.74 Å². The standard InChI is InChI=1S/C25H30N2O4S2/c1-24(2,3)27-33(29,30)15-25(4,28)17-8-6-16(7-9-17)22-20(31-5)11-10-19-23(22)18-12-13-32-21(18)14-26-19/h6-13,26-28H,14-15H2,1-5H3. The van der Waals surface area contributed by atoms with Crippen LogP contribution in [0.15, 0.2) is 47.8 Å². The fourth-order valence-electron chi connectivity index (χ4n) is 4.29. The summed E-state index contributed by atoms with van der Waals surface area (Å²) in [5, 5.41) is 16.6. The van der Waals surface area contributed by atoms with Gasteiger partial charge in [-0.1, -0.05) is 24.3 Å². The molecule has 1 unspecified atom stereocenters. The van der Waals surface area contributed by atoms with Crippen molar-refractivity contribution in [2.24, 2.45) is 0 Å². The maximum absolute atomic E-state index is 12.6. The average Bonchev–Trinajstić information content (AvgIpc) is 3.19. The topological polar surface area (TPSA) is 87.7 Å². The molecule has 0 bridgehead atoms. The normalized spacial score (nSPS) is 15.2. The van der Waals surface area contributed by atoms with Crippen molar-refractivity contribution < 1.29 is 18.3 Å². The van der Waals surface area contributed by atoms with Crippen molar-refractivity contribution in [3.63, 3.8) is 0 Å². The van der Waals surface area contributed by atoms with E-state index in [0.29, 0.717) is 5.56 Å². The molecular formula is C25H30N2O4S2. The molecule has 1 atom stereocenters. The van der Waals surface area contributed by atoms with E-state index < -0.39 is 26.9 Å². The van der Waals surface area contributed by atoms with E-state index in [1.54, 1.807) is 51.4 Å². The van der Waals surface area contributed by atoms with Crippen LogP contribution in [0.4, 0.5) is 5.69 Å². The van der Waals surface area contributed by atoms with Gasteiger partial charge in [-0.3, -0.25) is 0 Å². The number of sulfonamides is 1. The number of methoxy groups -OCH3 is 1. The third kappa shape index (κ3) is 4.94. The number of thiophene rings is 1. The van der Waals surface area contributed by atoms with Gasteiger partial charge in [0.2, 0.25) is 10.0 Å². The Labute approximate surface area is 199 Å². The van der Waals surface area contributed by atoms with Crippen LogP contribution < -0.4 is 14.8 Å². The zero-order valence-electron chi connectivity index (χ0n) is 19.5. The largest absolute Gasteiger partial charge is 0.496 e. The molecule has 1 aliphatic rings. The Morgan fingerprint density at radius 3 is 2.39 bits per heavy atom. The molecular weight excluding hydrogens is 456 g/mol. The number of rotatable bonds is 6. The van der Waals surface area contributed by atoms with Gasteiger partial charge >= 0.3 is 0 Å². The molecule has 3 aromatic rings. The van der Waals surface area contributed by atoms with Crippen molar-refractivity contribution in [1.82, 2.24) is 4.72 Å². The van der Waals surface area contributed by atoms with Crippen molar-refractivity contribution in [2.75, 3.05) is 18.2 Å². The predicted octanol–water partition coefficient (Wildman–Crippen LogP) is 4.94. The molecule has 0 spiro atoms. The highest BCUT2D eigenvalue weighted by molar-refractivity contribution is 7.89. The second-order valence-corrected chi connectivity index (χ2v) is 12.4. The van der Waals surface area contributed by atoms with Crippen molar-refractivity contribution in [3.8, 4) is 28.0 Å². The molecule has 1 aliphatic heterocycles. The molecule has 0 fully saturated rings. The molecule has 6 nitrogen and oxygen atoms in total. The van der Waals surface area contributed by atoms with Gasteiger partial charge in [-0.25, -0.2) is 13.1 Å². The summed E-state index contributed by atoms with van der Waals surface area (Å²) in [6.45, 7) is 7.64. The van der Waals surface area contributed by atoms with E-state index in [1.807, 2.05) is 24.3 Å². The Hall–Kier alpha value is -2.39. The lowest BCUT2D eigenvalue weighted by Crippen LogP contribution is -2.45. The highest BCUT2D eigenvalue weighted by Crippen LogP contribution is 2.48. The maximum atomic E-state index is 12.6. The van der Waals surface area contributed by atoms with Gasteiger partial charge in [-0.15, -0.1) is 11.3 Å². The van der Waals surface area contributed by atoms with E-state index >= 15 is 0 Å². The van der Waals surface area contributed by atoms with Crippen LogP contribution in [-0.4, -0.2) is 31.9 Å². The summed E-state index contributed by atoms with van der Waals surface area (Å²) in [4.78, 5) is 1.27. The molecule has 0 aliphatic carbocycles. The minimum atomic E-state index is -3.68. The smallest absolute Gasteiger partial charge is 0.215 e. The molecule has 0 radical (unpaired) electrons. The number of ether oxygens (including phenoxy) is 1. The molecule has 176 valence electrons.